The van der Waals surface area contributed by atoms with Crippen LogP contribution in [0.25, 0.3) is 0 Å². The van der Waals surface area contributed by atoms with Gasteiger partial charge in [0.2, 0.25) is 0 Å². The van der Waals surface area contributed by atoms with E-state index < -0.39 is 0 Å². The van der Waals surface area contributed by atoms with E-state index in [1.165, 1.54) is 11.1 Å². The molecule has 2 N–H and O–H groups in total. The minimum absolute atomic E-state index is 0.197. The van der Waals surface area contributed by atoms with Crippen LogP contribution in [0.1, 0.15) is 22.7 Å². The maximum Gasteiger partial charge on any atom is 0.115 e. The first-order valence-electron chi connectivity index (χ1n) is 5.55. The highest BCUT2D eigenvalue weighted by Gasteiger charge is 2.23. The Kier molecular flexibility index (Phi) is 2.54. The molecule has 0 spiro atoms. The number of phenols is 1. The van der Waals surface area contributed by atoms with Crippen LogP contribution in [-0.4, -0.2) is 5.11 Å². The molecule has 0 amide bonds. The van der Waals surface area contributed by atoms with Gasteiger partial charge in [-0.25, -0.2) is 0 Å². The molecule has 3 heteroatoms. The van der Waals surface area contributed by atoms with E-state index in [1.807, 2.05) is 36.4 Å². The smallest absolute Gasteiger partial charge is 0.115 e. The van der Waals surface area contributed by atoms with Gasteiger partial charge in [-0.15, -0.1) is 0 Å². The molecule has 86 valence electrons. The Morgan fingerprint density at radius 3 is 2.65 bits per heavy atom. The third-order valence-corrected chi connectivity index (χ3v) is 3.39. The van der Waals surface area contributed by atoms with Crippen LogP contribution in [0.3, 0.4) is 0 Å². The van der Waals surface area contributed by atoms with Gasteiger partial charge in [0.25, 0.3) is 0 Å². The first kappa shape index (κ1) is 10.6. The lowest BCUT2D eigenvalue weighted by molar-refractivity contribution is 0.474. The molecular formula is C14H12ClNO. The maximum absolute atomic E-state index is 9.44. The Labute approximate surface area is 105 Å². The first-order chi connectivity index (χ1) is 8.24. The van der Waals surface area contributed by atoms with Crippen LogP contribution >= 0.6 is 11.6 Å². The quantitative estimate of drug-likeness (QED) is 0.809. The SMILES string of the molecule is Oc1ccc2c(c1)CNC2c1ccc(Cl)cc1. The van der Waals surface area contributed by atoms with Crippen LogP contribution < -0.4 is 5.32 Å². The van der Waals surface area contributed by atoms with Gasteiger partial charge >= 0.3 is 0 Å². The average molecular weight is 246 g/mol. The van der Waals surface area contributed by atoms with Crippen LogP contribution in [0.5, 0.6) is 5.75 Å². The Morgan fingerprint density at radius 1 is 1.12 bits per heavy atom. The molecule has 0 saturated carbocycles. The monoisotopic (exact) mass is 245 g/mol. The van der Waals surface area contributed by atoms with Crippen molar-refractivity contribution in [2.24, 2.45) is 0 Å². The molecule has 1 atom stereocenters. The normalized spacial score (nSPS) is 18.1. The van der Waals surface area contributed by atoms with Crippen LogP contribution in [0.4, 0.5) is 0 Å². The van der Waals surface area contributed by atoms with Crippen molar-refractivity contribution in [3.8, 4) is 5.75 Å². The lowest BCUT2D eigenvalue weighted by atomic mass is 9.98. The predicted molar refractivity (Wildman–Crippen MR) is 68.2 cm³/mol. The summed E-state index contributed by atoms with van der Waals surface area (Å²) in [6, 6.07) is 13.6. The molecule has 2 aromatic rings. The van der Waals surface area contributed by atoms with Gasteiger partial charge in [-0.1, -0.05) is 29.8 Å². The van der Waals surface area contributed by atoms with Gasteiger partial charge in [0.05, 0.1) is 6.04 Å². The predicted octanol–water partition coefficient (Wildman–Crippen LogP) is 3.24. The maximum atomic E-state index is 9.44. The van der Waals surface area contributed by atoms with E-state index >= 15 is 0 Å². The summed E-state index contributed by atoms with van der Waals surface area (Å²) in [7, 11) is 0. The van der Waals surface area contributed by atoms with Gasteiger partial charge in [0.1, 0.15) is 5.75 Å². The second-order valence-corrected chi connectivity index (χ2v) is 4.69. The van der Waals surface area contributed by atoms with Crippen LogP contribution in [0, 0.1) is 0 Å². The second-order valence-electron chi connectivity index (χ2n) is 4.25. The molecule has 3 rings (SSSR count). The van der Waals surface area contributed by atoms with Crippen molar-refractivity contribution in [1.82, 2.24) is 5.32 Å². The molecule has 0 radical (unpaired) electrons. The van der Waals surface area contributed by atoms with E-state index in [9.17, 15) is 5.11 Å². The fourth-order valence-electron chi connectivity index (χ4n) is 2.30. The van der Waals surface area contributed by atoms with Crippen LogP contribution in [0.2, 0.25) is 5.02 Å². The van der Waals surface area contributed by atoms with Crippen molar-refractivity contribution in [2.75, 3.05) is 0 Å². The summed E-state index contributed by atoms with van der Waals surface area (Å²) in [6.07, 6.45) is 0. The van der Waals surface area contributed by atoms with Crippen molar-refractivity contribution in [1.29, 1.82) is 0 Å². The second kappa shape index (κ2) is 4.06. The molecule has 0 fully saturated rings. The molecule has 0 saturated heterocycles. The van der Waals surface area contributed by atoms with Crippen LogP contribution in [0.15, 0.2) is 42.5 Å². The van der Waals surface area contributed by atoms with Crippen molar-refractivity contribution < 1.29 is 5.11 Å². The number of benzene rings is 2. The van der Waals surface area contributed by atoms with Gasteiger partial charge in [0.15, 0.2) is 0 Å². The van der Waals surface area contributed by atoms with Gasteiger partial charge in [0, 0.05) is 11.6 Å². The van der Waals surface area contributed by atoms with Gasteiger partial charge < -0.3 is 10.4 Å². The number of hydrogen-bond donors (Lipinski definition) is 2. The third-order valence-electron chi connectivity index (χ3n) is 3.14. The molecule has 0 aliphatic carbocycles. The largest absolute Gasteiger partial charge is 0.508 e. The Bertz CT molecular complexity index is 551. The zero-order chi connectivity index (χ0) is 11.8. The molecule has 1 aliphatic rings. The standard InChI is InChI=1S/C14H12ClNO/c15-11-3-1-9(2-4-11)14-13-6-5-12(17)7-10(13)8-16-14/h1-7,14,16-17H,8H2. The Balaban J connectivity index is 2.01. The number of halogens is 1. The molecule has 1 heterocycles. The summed E-state index contributed by atoms with van der Waals surface area (Å²) in [5.41, 5.74) is 3.58. The molecule has 2 nitrogen and oxygen atoms in total. The number of rotatable bonds is 1. The highest BCUT2D eigenvalue weighted by Crippen LogP contribution is 2.33. The summed E-state index contributed by atoms with van der Waals surface area (Å²) in [6.45, 7) is 0.789. The number of nitrogens with one attached hydrogen (secondary N) is 1. The van der Waals surface area contributed by atoms with E-state index in [0.29, 0.717) is 5.75 Å². The Hall–Kier alpha value is -1.51. The summed E-state index contributed by atoms with van der Waals surface area (Å²) in [5, 5.41) is 13.6. The van der Waals surface area contributed by atoms with Crippen molar-refractivity contribution in [3.05, 3.63) is 64.2 Å². The highest BCUT2D eigenvalue weighted by molar-refractivity contribution is 6.30. The van der Waals surface area contributed by atoms with Crippen molar-refractivity contribution >= 4 is 11.6 Å². The summed E-state index contributed by atoms with van der Waals surface area (Å²) < 4.78 is 0. The first-order valence-corrected chi connectivity index (χ1v) is 5.92. The topological polar surface area (TPSA) is 32.3 Å². The lowest BCUT2D eigenvalue weighted by Crippen LogP contribution is -2.12. The zero-order valence-corrected chi connectivity index (χ0v) is 9.91. The van der Waals surface area contributed by atoms with E-state index in [1.54, 1.807) is 6.07 Å². The molecule has 0 bridgehead atoms. The third kappa shape index (κ3) is 1.90. The number of fused-ring (bicyclic) bond motifs is 1. The molecule has 17 heavy (non-hydrogen) atoms. The molecular weight excluding hydrogens is 234 g/mol. The van der Waals surface area contributed by atoms with Crippen LogP contribution in [-0.2, 0) is 6.54 Å². The fraction of sp³-hybridized carbons (Fsp3) is 0.143. The van der Waals surface area contributed by atoms with E-state index in [0.717, 1.165) is 17.1 Å². The minimum atomic E-state index is 0.197. The molecule has 2 aromatic carbocycles. The molecule has 0 aromatic heterocycles. The fourth-order valence-corrected chi connectivity index (χ4v) is 2.43. The van der Waals surface area contributed by atoms with Gasteiger partial charge in [-0.2, -0.15) is 0 Å². The number of phenolic OH excluding ortho intramolecular Hbond substituents is 1. The number of aromatic hydroxyl groups is 1. The van der Waals surface area contributed by atoms with Crippen molar-refractivity contribution in [3.63, 3.8) is 0 Å². The number of hydrogen-bond acceptors (Lipinski definition) is 2. The summed E-state index contributed by atoms with van der Waals surface area (Å²) in [5.74, 6) is 0.322. The Morgan fingerprint density at radius 2 is 1.88 bits per heavy atom. The van der Waals surface area contributed by atoms with E-state index in [-0.39, 0.29) is 6.04 Å². The van der Waals surface area contributed by atoms with Gasteiger partial charge in [-0.3, -0.25) is 0 Å². The zero-order valence-electron chi connectivity index (χ0n) is 9.15. The van der Waals surface area contributed by atoms with E-state index in [2.05, 4.69) is 5.32 Å². The molecule has 1 aliphatic heterocycles. The summed E-state index contributed by atoms with van der Waals surface area (Å²) >= 11 is 5.89. The molecule has 1 unspecified atom stereocenters. The average Bonchev–Trinajstić information content (AvgIpc) is 2.73. The minimum Gasteiger partial charge on any atom is -0.508 e. The lowest BCUT2D eigenvalue weighted by Gasteiger charge is -2.12. The van der Waals surface area contributed by atoms with Gasteiger partial charge in [-0.05, 0) is 41.0 Å². The van der Waals surface area contributed by atoms with E-state index in [4.69, 9.17) is 11.6 Å². The highest BCUT2D eigenvalue weighted by atomic mass is 35.5. The van der Waals surface area contributed by atoms with Crippen molar-refractivity contribution in [2.45, 2.75) is 12.6 Å². The summed E-state index contributed by atoms with van der Waals surface area (Å²) in [4.78, 5) is 0.